The molecule has 3 N–H and O–H groups in total. The van der Waals surface area contributed by atoms with Crippen LogP contribution in [0.25, 0.3) is 0 Å². The second-order valence-electron chi connectivity index (χ2n) is 5.11. The van der Waals surface area contributed by atoms with Crippen LogP contribution in [0.5, 0.6) is 11.5 Å². The molecule has 6 heteroatoms. The lowest BCUT2D eigenvalue weighted by Gasteiger charge is -2.24. The number of benzene rings is 1. The van der Waals surface area contributed by atoms with Crippen LogP contribution in [0.1, 0.15) is 23.7 Å². The monoisotopic (exact) mass is 280 g/mol. The molecule has 1 aromatic rings. The quantitative estimate of drug-likeness (QED) is 0.810. The molecule has 0 radical (unpaired) electrons. The third-order valence-electron chi connectivity index (χ3n) is 3.45. The molecule has 1 atom stereocenters. The van der Waals surface area contributed by atoms with Crippen LogP contribution in [0.15, 0.2) is 12.1 Å². The molecule has 1 aliphatic rings. The number of hydrogen-bond donors (Lipinski definition) is 2. The molecule has 1 unspecified atom stereocenters. The van der Waals surface area contributed by atoms with Gasteiger partial charge in [-0.05, 0) is 19.4 Å². The Hall–Kier alpha value is -1.95. The number of carbonyl (C=O) groups is 1. The molecule has 1 fully saturated rings. The predicted octanol–water partition coefficient (Wildman–Crippen LogP) is 1.19. The number of ether oxygens (including phenoxy) is 3. The van der Waals surface area contributed by atoms with Gasteiger partial charge < -0.3 is 25.3 Å². The maximum Gasteiger partial charge on any atom is 0.254 e. The van der Waals surface area contributed by atoms with Gasteiger partial charge in [0, 0.05) is 12.7 Å². The maximum absolute atomic E-state index is 12.4. The van der Waals surface area contributed by atoms with Crippen molar-refractivity contribution in [1.82, 2.24) is 5.32 Å². The average Bonchev–Trinajstić information content (AvgIpc) is 2.85. The third kappa shape index (κ3) is 2.80. The summed E-state index contributed by atoms with van der Waals surface area (Å²) in [5, 5.41) is 2.96. The van der Waals surface area contributed by atoms with Crippen LogP contribution in [-0.2, 0) is 4.74 Å². The van der Waals surface area contributed by atoms with E-state index in [0.717, 1.165) is 6.42 Å². The van der Waals surface area contributed by atoms with E-state index in [-0.39, 0.29) is 11.4 Å². The molecule has 0 aromatic heterocycles. The van der Waals surface area contributed by atoms with Crippen molar-refractivity contribution in [2.24, 2.45) is 0 Å². The Morgan fingerprint density at radius 3 is 2.70 bits per heavy atom. The van der Waals surface area contributed by atoms with Gasteiger partial charge >= 0.3 is 0 Å². The molecule has 0 aliphatic carbocycles. The van der Waals surface area contributed by atoms with Crippen molar-refractivity contribution in [2.75, 3.05) is 33.2 Å². The van der Waals surface area contributed by atoms with E-state index in [1.54, 1.807) is 12.1 Å². The Morgan fingerprint density at radius 2 is 2.15 bits per heavy atom. The molecule has 1 aliphatic heterocycles. The van der Waals surface area contributed by atoms with E-state index in [4.69, 9.17) is 19.9 Å². The summed E-state index contributed by atoms with van der Waals surface area (Å²) >= 11 is 0. The van der Waals surface area contributed by atoms with Crippen LogP contribution in [0, 0.1) is 0 Å². The largest absolute Gasteiger partial charge is 0.497 e. The molecule has 1 heterocycles. The van der Waals surface area contributed by atoms with E-state index in [1.807, 2.05) is 6.92 Å². The number of anilines is 1. The van der Waals surface area contributed by atoms with E-state index in [9.17, 15) is 4.79 Å². The van der Waals surface area contributed by atoms with Crippen LogP contribution in [-0.4, -0.2) is 38.9 Å². The molecule has 2 rings (SSSR count). The Labute approximate surface area is 118 Å². The van der Waals surface area contributed by atoms with Crippen LogP contribution in [0.4, 0.5) is 5.69 Å². The minimum Gasteiger partial charge on any atom is -0.497 e. The summed E-state index contributed by atoms with van der Waals surface area (Å²) in [5.74, 6) is 0.684. The molecule has 110 valence electrons. The Bertz CT molecular complexity index is 510. The van der Waals surface area contributed by atoms with E-state index >= 15 is 0 Å². The number of methoxy groups -OCH3 is 2. The standard InChI is InChI=1S/C14H20N2O4/c1-14(4-5-20-8-14)16-13(17)10-6-9(18-2)7-11(19-3)12(10)15/h6-7H,4-5,8,15H2,1-3H3,(H,16,17). The first-order valence-corrected chi connectivity index (χ1v) is 6.41. The molecule has 0 spiro atoms. The van der Waals surface area contributed by atoms with E-state index < -0.39 is 0 Å². The lowest BCUT2D eigenvalue weighted by molar-refractivity contribution is 0.0890. The predicted molar refractivity (Wildman–Crippen MR) is 75.3 cm³/mol. The van der Waals surface area contributed by atoms with Gasteiger partial charge in [-0.1, -0.05) is 0 Å². The summed E-state index contributed by atoms with van der Waals surface area (Å²) in [4.78, 5) is 12.4. The highest BCUT2D eigenvalue weighted by atomic mass is 16.5. The van der Waals surface area contributed by atoms with Crippen LogP contribution < -0.4 is 20.5 Å². The smallest absolute Gasteiger partial charge is 0.254 e. The second kappa shape index (κ2) is 5.58. The molecule has 20 heavy (non-hydrogen) atoms. The average molecular weight is 280 g/mol. The van der Waals surface area contributed by atoms with Crippen molar-refractivity contribution < 1.29 is 19.0 Å². The fourth-order valence-electron chi connectivity index (χ4n) is 2.18. The first kappa shape index (κ1) is 14.5. The van der Waals surface area contributed by atoms with Gasteiger partial charge in [-0.3, -0.25) is 4.79 Å². The van der Waals surface area contributed by atoms with E-state index in [0.29, 0.717) is 36.0 Å². The van der Waals surface area contributed by atoms with Crippen LogP contribution in [0.3, 0.4) is 0 Å². The van der Waals surface area contributed by atoms with Crippen molar-refractivity contribution in [3.63, 3.8) is 0 Å². The molecule has 0 bridgehead atoms. The summed E-state index contributed by atoms with van der Waals surface area (Å²) in [6.07, 6.45) is 0.778. The van der Waals surface area contributed by atoms with Gasteiger partial charge in [-0.25, -0.2) is 0 Å². The highest BCUT2D eigenvalue weighted by Crippen LogP contribution is 2.31. The summed E-state index contributed by atoms with van der Waals surface area (Å²) in [7, 11) is 3.03. The zero-order valence-corrected chi connectivity index (χ0v) is 12.0. The van der Waals surface area contributed by atoms with Gasteiger partial charge in [0.05, 0.1) is 37.6 Å². The highest BCUT2D eigenvalue weighted by Gasteiger charge is 2.32. The minimum atomic E-state index is -0.361. The normalized spacial score (nSPS) is 21.6. The molecule has 0 saturated carbocycles. The van der Waals surface area contributed by atoms with Crippen LogP contribution in [0.2, 0.25) is 0 Å². The van der Waals surface area contributed by atoms with Gasteiger partial charge in [-0.2, -0.15) is 0 Å². The Morgan fingerprint density at radius 1 is 1.40 bits per heavy atom. The topological polar surface area (TPSA) is 82.8 Å². The zero-order chi connectivity index (χ0) is 14.8. The molecule has 1 amide bonds. The van der Waals surface area contributed by atoms with E-state index in [2.05, 4.69) is 5.32 Å². The summed E-state index contributed by atoms with van der Waals surface area (Å²) in [6, 6.07) is 3.25. The fourth-order valence-corrected chi connectivity index (χ4v) is 2.18. The van der Waals surface area contributed by atoms with Gasteiger partial charge in [0.15, 0.2) is 0 Å². The number of hydrogen-bond acceptors (Lipinski definition) is 5. The van der Waals surface area contributed by atoms with Crippen LogP contribution >= 0.6 is 0 Å². The van der Waals surface area contributed by atoms with E-state index in [1.165, 1.54) is 14.2 Å². The van der Waals surface area contributed by atoms with Gasteiger partial charge in [0.2, 0.25) is 0 Å². The number of nitrogens with two attached hydrogens (primary N) is 1. The number of nitrogens with one attached hydrogen (secondary N) is 1. The molecular formula is C14H20N2O4. The van der Waals surface area contributed by atoms with Crippen molar-refractivity contribution in [2.45, 2.75) is 18.9 Å². The minimum absolute atomic E-state index is 0.257. The maximum atomic E-state index is 12.4. The first-order chi connectivity index (χ1) is 9.49. The lowest BCUT2D eigenvalue weighted by Crippen LogP contribution is -2.46. The Kier molecular flexibility index (Phi) is 4.04. The van der Waals surface area contributed by atoms with Crippen molar-refractivity contribution in [3.8, 4) is 11.5 Å². The summed E-state index contributed by atoms with van der Waals surface area (Å²) in [5.41, 5.74) is 6.24. The van der Waals surface area contributed by atoms with Crippen molar-refractivity contribution in [3.05, 3.63) is 17.7 Å². The number of amides is 1. The first-order valence-electron chi connectivity index (χ1n) is 6.41. The fraction of sp³-hybridized carbons (Fsp3) is 0.500. The van der Waals surface area contributed by atoms with Crippen molar-refractivity contribution >= 4 is 11.6 Å². The zero-order valence-electron chi connectivity index (χ0n) is 12.0. The molecule has 6 nitrogen and oxygen atoms in total. The lowest BCUT2D eigenvalue weighted by atomic mass is 10.0. The summed E-state index contributed by atoms with van der Waals surface area (Å²) in [6.45, 7) is 3.10. The number of carbonyl (C=O) groups excluding carboxylic acids is 1. The highest BCUT2D eigenvalue weighted by molar-refractivity contribution is 6.01. The summed E-state index contributed by atoms with van der Waals surface area (Å²) < 4.78 is 15.6. The molecule has 1 saturated heterocycles. The third-order valence-corrected chi connectivity index (χ3v) is 3.45. The second-order valence-corrected chi connectivity index (χ2v) is 5.11. The Balaban J connectivity index is 2.28. The van der Waals surface area contributed by atoms with Crippen molar-refractivity contribution in [1.29, 1.82) is 0 Å². The SMILES string of the molecule is COc1cc(OC)c(N)c(C(=O)NC2(C)CCOC2)c1. The molecule has 1 aromatic carbocycles. The molecular weight excluding hydrogens is 260 g/mol. The van der Waals surface area contributed by atoms with Gasteiger partial charge in [0.25, 0.3) is 5.91 Å². The number of rotatable bonds is 4. The van der Waals surface area contributed by atoms with Gasteiger partial charge in [-0.15, -0.1) is 0 Å². The number of nitrogen functional groups attached to an aromatic ring is 1. The van der Waals surface area contributed by atoms with Gasteiger partial charge in [0.1, 0.15) is 11.5 Å².